The number of nitrogens with two attached hydrogens (primary N) is 1. The third kappa shape index (κ3) is 2.39. The molecule has 1 aromatic carbocycles. The number of likely N-dealkylation sites (tertiary alicyclic amines) is 1. The molecule has 0 radical (unpaired) electrons. The van der Waals surface area contributed by atoms with E-state index in [1.54, 1.807) is 0 Å². The normalized spacial score (nSPS) is 18.8. The number of carbonyl (C=O) groups excluding carboxylic acids is 1. The molecule has 4 nitrogen and oxygen atoms in total. The zero-order chi connectivity index (χ0) is 13.2. The number of nitrogens with zero attached hydrogens (tertiary/aromatic N) is 1. The average molecular weight is 255 g/mol. The zero-order valence-corrected chi connectivity index (χ0v) is 10.7. The summed E-state index contributed by atoms with van der Waals surface area (Å²) in [7, 11) is 0. The first-order valence-electron chi connectivity index (χ1n) is 6.53. The van der Waals surface area contributed by atoms with E-state index in [9.17, 15) is 4.79 Å². The Balaban J connectivity index is 1.80. The molecular formula is C15H17N3O. The maximum absolute atomic E-state index is 12.3. The lowest BCUT2D eigenvalue weighted by molar-refractivity contribution is 0.0786. The van der Waals surface area contributed by atoms with Crippen LogP contribution >= 0.6 is 0 Å². The highest BCUT2D eigenvalue weighted by atomic mass is 16.2. The number of benzene rings is 1. The highest BCUT2D eigenvalue weighted by Crippen LogP contribution is 2.19. The molecule has 2 heterocycles. The molecule has 0 spiro atoms. The summed E-state index contributed by atoms with van der Waals surface area (Å²) < 4.78 is 0. The molecule has 1 amide bonds. The number of aromatic nitrogens is 1. The van der Waals surface area contributed by atoms with Gasteiger partial charge in [-0.25, -0.2) is 0 Å². The van der Waals surface area contributed by atoms with Crippen LogP contribution in [0.2, 0.25) is 0 Å². The van der Waals surface area contributed by atoms with E-state index in [2.05, 4.69) is 4.98 Å². The molecule has 2 aromatic rings. The fraction of sp³-hybridized carbons (Fsp3) is 0.267. The van der Waals surface area contributed by atoms with Crippen molar-refractivity contribution in [1.82, 2.24) is 9.88 Å². The fourth-order valence-electron chi connectivity index (χ4n) is 2.45. The monoisotopic (exact) mass is 255 g/mol. The number of carbonyl (C=O) groups is 1. The summed E-state index contributed by atoms with van der Waals surface area (Å²) in [6, 6.07) is 13.9. The molecule has 3 N–H and O–H groups in total. The predicted molar refractivity (Wildman–Crippen MR) is 74.7 cm³/mol. The minimum Gasteiger partial charge on any atom is -0.351 e. The minimum atomic E-state index is 0.0372. The molecule has 0 saturated carbocycles. The second-order valence-corrected chi connectivity index (χ2v) is 4.95. The first kappa shape index (κ1) is 12.0. The van der Waals surface area contributed by atoms with Crippen molar-refractivity contribution in [1.29, 1.82) is 0 Å². The van der Waals surface area contributed by atoms with Crippen molar-refractivity contribution in [2.75, 3.05) is 13.1 Å². The summed E-state index contributed by atoms with van der Waals surface area (Å²) in [4.78, 5) is 17.3. The van der Waals surface area contributed by atoms with Gasteiger partial charge in [0.15, 0.2) is 0 Å². The molecule has 19 heavy (non-hydrogen) atoms. The first-order chi connectivity index (χ1) is 9.24. The van der Waals surface area contributed by atoms with Crippen molar-refractivity contribution in [3.63, 3.8) is 0 Å². The number of rotatable bonds is 2. The van der Waals surface area contributed by atoms with Crippen LogP contribution < -0.4 is 5.73 Å². The summed E-state index contributed by atoms with van der Waals surface area (Å²) in [5.74, 6) is 0.0372. The molecule has 1 aliphatic heterocycles. The Morgan fingerprint density at radius 1 is 1.21 bits per heavy atom. The Morgan fingerprint density at radius 2 is 2.00 bits per heavy atom. The van der Waals surface area contributed by atoms with Crippen molar-refractivity contribution >= 4 is 5.91 Å². The van der Waals surface area contributed by atoms with Gasteiger partial charge >= 0.3 is 0 Å². The molecular weight excluding hydrogens is 238 g/mol. The molecule has 1 aromatic heterocycles. The quantitative estimate of drug-likeness (QED) is 0.860. The molecule has 1 atom stereocenters. The summed E-state index contributed by atoms with van der Waals surface area (Å²) in [5.41, 5.74) is 8.51. The molecule has 98 valence electrons. The van der Waals surface area contributed by atoms with Gasteiger partial charge in [0.25, 0.3) is 5.91 Å². The van der Waals surface area contributed by atoms with Crippen molar-refractivity contribution in [3.05, 3.63) is 48.2 Å². The molecule has 4 heteroatoms. The molecule has 1 aliphatic rings. The molecule has 0 aliphatic carbocycles. The van der Waals surface area contributed by atoms with Crippen LogP contribution in [-0.2, 0) is 0 Å². The lowest BCUT2D eigenvalue weighted by atomic mass is 10.2. The van der Waals surface area contributed by atoms with Crippen molar-refractivity contribution in [2.45, 2.75) is 12.5 Å². The van der Waals surface area contributed by atoms with Gasteiger partial charge in [0.2, 0.25) is 0 Å². The number of nitrogens with one attached hydrogen (secondary N) is 1. The Morgan fingerprint density at radius 3 is 2.68 bits per heavy atom. The summed E-state index contributed by atoms with van der Waals surface area (Å²) in [5, 5.41) is 0. The van der Waals surface area contributed by atoms with Crippen LogP contribution in [-0.4, -0.2) is 34.9 Å². The van der Waals surface area contributed by atoms with Crippen LogP contribution in [0.15, 0.2) is 42.5 Å². The zero-order valence-electron chi connectivity index (χ0n) is 10.7. The van der Waals surface area contributed by atoms with Gasteiger partial charge in [-0.1, -0.05) is 30.3 Å². The highest BCUT2D eigenvalue weighted by molar-refractivity contribution is 5.93. The summed E-state index contributed by atoms with van der Waals surface area (Å²) >= 11 is 0. The van der Waals surface area contributed by atoms with Crippen molar-refractivity contribution in [3.8, 4) is 11.3 Å². The van der Waals surface area contributed by atoms with Gasteiger partial charge in [-0.3, -0.25) is 4.79 Å². The van der Waals surface area contributed by atoms with Gasteiger partial charge < -0.3 is 15.6 Å². The van der Waals surface area contributed by atoms with Crippen LogP contribution in [0.1, 0.15) is 16.9 Å². The summed E-state index contributed by atoms with van der Waals surface area (Å²) in [6.07, 6.45) is 0.887. The van der Waals surface area contributed by atoms with E-state index in [-0.39, 0.29) is 11.9 Å². The van der Waals surface area contributed by atoms with E-state index in [0.717, 1.165) is 24.2 Å². The van der Waals surface area contributed by atoms with E-state index < -0.39 is 0 Å². The van der Waals surface area contributed by atoms with Crippen molar-refractivity contribution in [2.24, 2.45) is 5.73 Å². The molecule has 3 rings (SSSR count). The van der Waals surface area contributed by atoms with Gasteiger partial charge in [-0.05, 0) is 24.1 Å². The predicted octanol–water partition coefficient (Wildman–Crippen LogP) is 1.85. The van der Waals surface area contributed by atoms with E-state index in [4.69, 9.17) is 5.73 Å². The smallest absolute Gasteiger partial charge is 0.270 e. The topological polar surface area (TPSA) is 62.1 Å². The standard InChI is InChI=1S/C15H17N3O/c16-12-8-9-18(10-12)15(19)14-7-6-13(17-14)11-4-2-1-3-5-11/h1-7,12,17H,8-10,16H2/t12-/m1/s1. The van der Waals surface area contributed by atoms with Gasteiger partial charge in [-0.2, -0.15) is 0 Å². The van der Waals surface area contributed by atoms with E-state index in [1.165, 1.54) is 0 Å². The van der Waals surface area contributed by atoms with Gasteiger partial charge in [-0.15, -0.1) is 0 Å². The van der Waals surface area contributed by atoms with Gasteiger partial charge in [0, 0.05) is 24.8 Å². The van der Waals surface area contributed by atoms with Gasteiger partial charge in [0.05, 0.1) is 0 Å². The molecule has 0 unspecified atom stereocenters. The molecule has 1 saturated heterocycles. The van der Waals surface area contributed by atoms with Crippen molar-refractivity contribution < 1.29 is 4.79 Å². The van der Waals surface area contributed by atoms with E-state index in [0.29, 0.717) is 12.2 Å². The minimum absolute atomic E-state index is 0.0372. The Kier molecular flexibility index (Phi) is 3.09. The van der Waals surface area contributed by atoms with E-state index in [1.807, 2.05) is 47.4 Å². The van der Waals surface area contributed by atoms with Crippen LogP contribution in [0.3, 0.4) is 0 Å². The summed E-state index contributed by atoms with van der Waals surface area (Å²) in [6.45, 7) is 1.40. The Hall–Kier alpha value is -2.07. The Labute approximate surface area is 112 Å². The Bertz CT molecular complexity index is 576. The molecule has 0 bridgehead atoms. The average Bonchev–Trinajstić information content (AvgIpc) is 3.08. The second kappa shape index (κ2) is 4.90. The third-order valence-electron chi connectivity index (χ3n) is 3.51. The lowest BCUT2D eigenvalue weighted by Gasteiger charge is -2.14. The molecule has 1 fully saturated rings. The second-order valence-electron chi connectivity index (χ2n) is 4.95. The SMILES string of the molecule is N[C@@H]1CCN(C(=O)c2ccc(-c3ccccc3)[nH]2)C1. The van der Waals surface area contributed by atoms with Crippen LogP contribution in [0.4, 0.5) is 0 Å². The number of amides is 1. The number of hydrogen-bond donors (Lipinski definition) is 2. The fourth-order valence-corrected chi connectivity index (χ4v) is 2.45. The third-order valence-corrected chi connectivity index (χ3v) is 3.51. The number of hydrogen-bond acceptors (Lipinski definition) is 2. The number of H-pyrrole nitrogens is 1. The van der Waals surface area contributed by atoms with Crippen LogP contribution in [0, 0.1) is 0 Å². The largest absolute Gasteiger partial charge is 0.351 e. The highest BCUT2D eigenvalue weighted by Gasteiger charge is 2.25. The van der Waals surface area contributed by atoms with Crippen LogP contribution in [0.25, 0.3) is 11.3 Å². The number of aromatic amines is 1. The lowest BCUT2D eigenvalue weighted by Crippen LogP contribution is -2.32. The first-order valence-corrected chi connectivity index (χ1v) is 6.53. The van der Waals surface area contributed by atoms with Gasteiger partial charge in [0.1, 0.15) is 5.69 Å². The maximum Gasteiger partial charge on any atom is 0.270 e. The van der Waals surface area contributed by atoms with Crippen LogP contribution in [0.5, 0.6) is 0 Å². The maximum atomic E-state index is 12.3. The van der Waals surface area contributed by atoms with E-state index >= 15 is 0 Å².